The average Bonchev–Trinajstić information content (AvgIpc) is 2.48. The maximum absolute atomic E-state index is 12.2. The van der Waals surface area contributed by atoms with Gasteiger partial charge in [0.2, 0.25) is 5.91 Å². The van der Waals surface area contributed by atoms with E-state index in [4.69, 9.17) is 5.73 Å². The van der Waals surface area contributed by atoms with Gasteiger partial charge in [0.1, 0.15) is 0 Å². The third kappa shape index (κ3) is 4.17. The lowest BCUT2D eigenvalue weighted by Crippen LogP contribution is -2.43. The molecule has 0 aromatic heterocycles. The number of carbonyl (C=O) groups is 1. The molecule has 3 heteroatoms. The van der Waals surface area contributed by atoms with E-state index in [9.17, 15) is 4.79 Å². The highest BCUT2D eigenvalue weighted by Gasteiger charge is 2.17. The van der Waals surface area contributed by atoms with Gasteiger partial charge in [0.15, 0.2) is 0 Å². The van der Waals surface area contributed by atoms with Gasteiger partial charge in [-0.05, 0) is 37.0 Å². The van der Waals surface area contributed by atoms with E-state index in [1.54, 1.807) is 0 Å². The van der Waals surface area contributed by atoms with Crippen molar-refractivity contribution >= 4 is 5.91 Å². The standard InChI is InChI=1S/C18H22N2O/c1-13-8-6-7-11-16(13)14(2)20-18(21)17(19)12-15-9-4-3-5-10-15/h3-11,14,17H,12,19H2,1-2H3,(H,20,21)/t14-,17?/m1/s1. The molecule has 110 valence electrons. The van der Waals surface area contributed by atoms with Crippen molar-refractivity contribution in [2.75, 3.05) is 0 Å². The number of rotatable bonds is 5. The second-order valence-corrected chi connectivity index (χ2v) is 5.38. The van der Waals surface area contributed by atoms with Gasteiger partial charge in [-0.2, -0.15) is 0 Å². The monoisotopic (exact) mass is 282 g/mol. The summed E-state index contributed by atoms with van der Waals surface area (Å²) in [6, 6.07) is 17.3. The number of benzene rings is 2. The van der Waals surface area contributed by atoms with Gasteiger partial charge in [-0.25, -0.2) is 0 Å². The first-order valence-corrected chi connectivity index (χ1v) is 7.23. The smallest absolute Gasteiger partial charge is 0.237 e. The van der Waals surface area contributed by atoms with Crippen LogP contribution >= 0.6 is 0 Å². The molecule has 0 spiro atoms. The van der Waals surface area contributed by atoms with Crippen molar-refractivity contribution in [3.63, 3.8) is 0 Å². The van der Waals surface area contributed by atoms with Crippen molar-refractivity contribution in [1.29, 1.82) is 0 Å². The number of aryl methyl sites for hydroxylation is 1. The van der Waals surface area contributed by atoms with E-state index in [0.717, 1.165) is 11.1 Å². The molecule has 0 saturated heterocycles. The fraction of sp³-hybridized carbons (Fsp3) is 0.278. The van der Waals surface area contributed by atoms with Gasteiger partial charge in [0, 0.05) is 0 Å². The van der Waals surface area contributed by atoms with Crippen LogP contribution in [0.25, 0.3) is 0 Å². The number of nitrogens with two attached hydrogens (primary N) is 1. The molecule has 0 radical (unpaired) electrons. The second-order valence-electron chi connectivity index (χ2n) is 5.38. The summed E-state index contributed by atoms with van der Waals surface area (Å²) in [7, 11) is 0. The summed E-state index contributed by atoms with van der Waals surface area (Å²) >= 11 is 0. The SMILES string of the molecule is Cc1ccccc1[C@@H](C)NC(=O)C(N)Cc1ccccc1. The number of nitrogens with one attached hydrogen (secondary N) is 1. The van der Waals surface area contributed by atoms with E-state index in [0.29, 0.717) is 6.42 Å². The highest BCUT2D eigenvalue weighted by atomic mass is 16.2. The van der Waals surface area contributed by atoms with Crippen molar-refractivity contribution in [1.82, 2.24) is 5.32 Å². The summed E-state index contributed by atoms with van der Waals surface area (Å²) in [5.41, 5.74) is 9.37. The summed E-state index contributed by atoms with van der Waals surface area (Å²) in [5, 5.41) is 2.99. The Labute approximate surface area is 126 Å². The molecule has 21 heavy (non-hydrogen) atoms. The van der Waals surface area contributed by atoms with Gasteiger partial charge in [-0.3, -0.25) is 4.79 Å². The molecule has 0 heterocycles. The predicted octanol–water partition coefficient (Wildman–Crippen LogP) is 2.74. The topological polar surface area (TPSA) is 55.1 Å². The van der Waals surface area contributed by atoms with Crippen LogP contribution in [0.4, 0.5) is 0 Å². The van der Waals surface area contributed by atoms with Crippen LogP contribution in [0.3, 0.4) is 0 Å². The Morgan fingerprint density at radius 1 is 1.10 bits per heavy atom. The third-order valence-corrected chi connectivity index (χ3v) is 3.65. The molecular formula is C18H22N2O. The number of amides is 1. The Morgan fingerprint density at radius 3 is 2.38 bits per heavy atom. The molecular weight excluding hydrogens is 260 g/mol. The van der Waals surface area contributed by atoms with Crippen LogP contribution in [0.15, 0.2) is 54.6 Å². The van der Waals surface area contributed by atoms with Crippen LogP contribution in [0.5, 0.6) is 0 Å². The minimum atomic E-state index is -0.529. The lowest BCUT2D eigenvalue weighted by molar-refractivity contribution is -0.123. The Hall–Kier alpha value is -2.13. The van der Waals surface area contributed by atoms with Gasteiger partial charge < -0.3 is 11.1 Å². The van der Waals surface area contributed by atoms with E-state index in [1.807, 2.05) is 68.4 Å². The van der Waals surface area contributed by atoms with E-state index in [2.05, 4.69) is 5.32 Å². The van der Waals surface area contributed by atoms with Crippen molar-refractivity contribution in [2.45, 2.75) is 32.4 Å². The fourth-order valence-electron chi connectivity index (χ4n) is 2.43. The van der Waals surface area contributed by atoms with E-state index >= 15 is 0 Å². The summed E-state index contributed by atoms with van der Waals surface area (Å²) in [6.07, 6.45) is 0.549. The lowest BCUT2D eigenvalue weighted by atomic mass is 10.0. The third-order valence-electron chi connectivity index (χ3n) is 3.65. The van der Waals surface area contributed by atoms with Gasteiger partial charge in [0.05, 0.1) is 12.1 Å². The molecule has 2 atom stereocenters. The molecule has 0 fully saturated rings. The summed E-state index contributed by atoms with van der Waals surface area (Å²) in [6.45, 7) is 4.03. The molecule has 1 amide bonds. The zero-order valence-electron chi connectivity index (χ0n) is 12.5. The van der Waals surface area contributed by atoms with Gasteiger partial charge in [-0.1, -0.05) is 54.6 Å². The quantitative estimate of drug-likeness (QED) is 0.886. The van der Waals surface area contributed by atoms with Crippen LogP contribution in [0.2, 0.25) is 0 Å². The molecule has 3 nitrogen and oxygen atoms in total. The largest absolute Gasteiger partial charge is 0.348 e. The Kier molecular flexibility index (Phi) is 5.12. The highest BCUT2D eigenvalue weighted by Crippen LogP contribution is 2.16. The molecule has 3 N–H and O–H groups in total. The highest BCUT2D eigenvalue weighted by molar-refractivity contribution is 5.82. The van der Waals surface area contributed by atoms with Gasteiger partial charge in [0.25, 0.3) is 0 Å². The molecule has 2 aromatic rings. The normalized spacial score (nSPS) is 13.5. The number of hydrogen-bond acceptors (Lipinski definition) is 2. The average molecular weight is 282 g/mol. The first-order valence-electron chi connectivity index (χ1n) is 7.23. The van der Waals surface area contributed by atoms with Crippen LogP contribution in [-0.2, 0) is 11.2 Å². The number of carbonyl (C=O) groups excluding carboxylic acids is 1. The Bertz CT molecular complexity index is 595. The Morgan fingerprint density at radius 2 is 1.71 bits per heavy atom. The minimum absolute atomic E-state index is 0.0412. The second kappa shape index (κ2) is 7.04. The first kappa shape index (κ1) is 15.3. The Balaban J connectivity index is 1.96. The van der Waals surface area contributed by atoms with Crippen molar-refractivity contribution in [3.05, 3.63) is 71.3 Å². The number of hydrogen-bond donors (Lipinski definition) is 2. The van der Waals surface area contributed by atoms with Crippen LogP contribution in [-0.4, -0.2) is 11.9 Å². The molecule has 1 unspecified atom stereocenters. The minimum Gasteiger partial charge on any atom is -0.348 e. The van der Waals surface area contributed by atoms with E-state index in [1.165, 1.54) is 5.56 Å². The van der Waals surface area contributed by atoms with Gasteiger partial charge in [-0.15, -0.1) is 0 Å². The zero-order valence-corrected chi connectivity index (χ0v) is 12.5. The molecule has 2 aromatic carbocycles. The lowest BCUT2D eigenvalue weighted by Gasteiger charge is -2.19. The molecule has 0 saturated carbocycles. The van der Waals surface area contributed by atoms with Crippen LogP contribution in [0.1, 0.15) is 29.7 Å². The molecule has 0 bridgehead atoms. The van der Waals surface area contributed by atoms with Crippen LogP contribution in [0, 0.1) is 6.92 Å². The van der Waals surface area contributed by atoms with Crippen molar-refractivity contribution in [3.8, 4) is 0 Å². The maximum atomic E-state index is 12.2. The molecule has 2 rings (SSSR count). The molecule has 0 aliphatic rings. The molecule has 0 aliphatic heterocycles. The van der Waals surface area contributed by atoms with E-state index < -0.39 is 6.04 Å². The predicted molar refractivity (Wildman–Crippen MR) is 85.9 cm³/mol. The maximum Gasteiger partial charge on any atom is 0.237 e. The molecule has 0 aliphatic carbocycles. The fourth-order valence-corrected chi connectivity index (χ4v) is 2.43. The first-order chi connectivity index (χ1) is 10.1. The van der Waals surface area contributed by atoms with E-state index in [-0.39, 0.29) is 11.9 Å². The summed E-state index contributed by atoms with van der Waals surface area (Å²) in [4.78, 5) is 12.2. The van der Waals surface area contributed by atoms with Crippen molar-refractivity contribution in [2.24, 2.45) is 5.73 Å². The zero-order chi connectivity index (χ0) is 15.2. The summed E-state index contributed by atoms with van der Waals surface area (Å²) in [5.74, 6) is -0.116. The van der Waals surface area contributed by atoms with Gasteiger partial charge >= 0.3 is 0 Å². The van der Waals surface area contributed by atoms with Crippen molar-refractivity contribution < 1.29 is 4.79 Å². The summed E-state index contributed by atoms with van der Waals surface area (Å²) < 4.78 is 0. The van der Waals surface area contributed by atoms with Crippen LogP contribution < -0.4 is 11.1 Å².